The number of nitrogens with one attached hydrogen (secondary N) is 1. The number of aryl methyl sites for hydroxylation is 1. The second-order valence-electron chi connectivity index (χ2n) is 5.16. The molecule has 4 nitrogen and oxygen atoms in total. The number of rotatable bonds is 1. The van der Waals surface area contributed by atoms with Crippen molar-refractivity contribution in [1.82, 2.24) is 4.98 Å². The number of amides is 2. The molecule has 1 aliphatic rings. The highest BCUT2D eigenvalue weighted by Gasteiger charge is 2.39. The number of carbonyl (C=O) groups excluding carboxylic acids is 2. The molecule has 0 saturated heterocycles. The Hall–Kier alpha value is -2.88. The van der Waals surface area contributed by atoms with E-state index in [9.17, 15) is 9.59 Å². The maximum absolute atomic E-state index is 12.8. The molecule has 2 heterocycles. The number of anilines is 1. The highest BCUT2D eigenvalue weighted by atomic mass is 16.2. The molecule has 0 unspecified atom stereocenters. The summed E-state index contributed by atoms with van der Waals surface area (Å²) in [5, 5.41) is 0.799. The van der Waals surface area contributed by atoms with Crippen LogP contribution in [0.1, 0.15) is 26.3 Å². The van der Waals surface area contributed by atoms with Crippen molar-refractivity contribution in [1.29, 1.82) is 0 Å². The van der Waals surface area contributed by atoms with E-state index in [4.69, 9.17) is 0 Å². The van der Waals surface area contributed by atoms with Crippen LogP contribution in [0.2, 0.25) is 0 Å². The zero-order valence-corrected chi connectivity index (χ0v) is 11.4. The molecule has 2 aromatic carbocycles. The average Bonchev–Trinajstić information content (AvgIpc) is 3.03. The number of aromatic amines is 1. The lowest BCUT2D eigenvalue weighted by Gasteiger charge is -2.13. The molecule has 3 aromatic rings. The van der Waals surface area contributed by atoms with Crippen molar-refractivity contribution in [3.8, 4) is 0 Å². The van der Waals surface area contributed by atoms with Crippen LogP contribution in [0.3, 0.4) is 0 Å². The Bertz CT molecular complexity index is 894. The highest BCUT2D eigenvalue weighted by Crippen LogP contribution is 2.35. The van der Waals surface area contributed by atoms with E-state index in [0.29, 0.717) is 16.8 Å². The number of hydrogen-bond donors (Lipinski definition) is 1. The van der Waals surface area contributed by atoms with E-state index in [0.717, 1.165) is 16.5 Å². The Morgan fingerprint density at radius 2 is 1.67 bits per heavy atom. The number of H-pyrrole nitrogens is 1. The Morgan fingerprint density at radius 1 is 0.952 bits per heavy atom. The maximum Gasteiger partial charge on any atom is 0.266 e. The van der Waals surface area contributed by atoms with E-state index < -0.39 is 0 Å². The Labute approximate surface area is 121 Å². The van der Waals surface area contributed by atoms with Crippen molar-refractivity contribution < 1.29 is 9.59 Å². The summed E-state index contributed by atoms with van der Waals surface area (Å²) in [4.78, 5) is 29.8. The number of nitrogens with zero attached hydrogens (tertiary/aromatic N) is 1. The number of carbonyl (C=O) groups is 2. The van der Waals surface area contributed by atoms with Gasteiger partial charge in [-0.25, -0.2) is 4.90 Å². The summed E-state index contributed by atoms with van der Waals surface area (Å²) in [5.41, 5.74) is 3.31. The third-order valence-electron chi connectivity index (χ3n) is 3.90. The molecule has 1 aliphatic heterocycles. The molecule has 0 fully saturated rings. The lowest BCUT2D eigenvalue weighted by molar-refractivity contribution is 0.0926. The van der Waals surface area contributed by atoms with Crippen LogP contribution >= 0.6 is 0 Å². The molecule has 2 amide bonds. The van der Waals surface area contributed by atoms with Crippen LogP contribution in [-0.4, -0.2) is 16.8 Å². The van der Waals surface area contributed by atoms with E-state index in [-0.39, 0.29) is 11.8 Å². The van der Waals surface area contributed by atoms with Crippen molar-refractivity contribution >= 4 is 28.4 Å². The summed E-state index contributed by atoms with van der Waals surface area (Å²) in [6.07, 6.45) is 1.79. The third-order valence-corrected chi connectivity index (χ3v) is 3.90. The highest BCUT2D eigenvalue weighted by molar-refractivity contribution is 6.38. The zero-order valence-electron chi connectivity index (χ0n) is 11.4. The Kier molecular flexibility index (Phi) is 2.30. The van der Waals surface area contributed by atoms with Gasteiger partial charge in [-0.1, -0.05) is 18.2 Å². The van der Waals surface area contributed by atoms with E-state index in [1.165, 1.54) is 4.90 Å². The van der Waals surface area contributed by atoms with Crippen molar-refractivity contribution in [2.45, 2.75) is 6.92 Å². The molecule has 4 heteroatoms. The summed E-state index contributed by atoms with van der Waals surface area (Å²) >= 11 is 0. The molecule has 0 radical (unpaired) electrons. The standard InChI is InChI=1S/C17H12N2O2/c1-10-9-13-12(7-8-18-13)15-14(10)16(20)19(17(15)21)11-5-3-2-4-6-11/h2-9,18H,1H3. The Balaban J connectivity index is 2.01. The van der Waals surface area contributed by atoms with E-state index in [1.54, 1.807) is 18.3 Å². The fourth-order valence-corrected chi connectivity index (χ4v) is 2.97. The largest absolute Gasteiger partial charge is 0.361 e. The molecule has 0 saturated carbocycles. The Morgan fingerprint density at radius 3 is 2.43 bits per heavy atom. The molecule has 0 atom stereocenters. The summed E-state index contributed by atoms with van der Waals surface area (Å²) in [7, 11) is 0. The summed E-state index contributed by atoms with van der Waals surface area (Å²) in [6.45, 7) is 1.86. The van der Waals surface area contributed by atoms with E-state index in [2.05, 4.69) is 4.98 Å². The van der Waals surface area contributed by atoms with Crippen LogP contribution in [0.25, 0.3) is 10.9 Å². The number of para-hydroxylation sites is 1. The number of benzene rings is 2. The third kappa shape index (κ3) is 1.50. The molecule has 21 heavy (non-hydrogen) atoms. The molecular weight excluding hydrogens is 264 g/mol. The molecule has 4 rings (SSSR count). The fraction of sp³-hybridized carbons (Fsp3) is 0.0588. The predicted molar refractivity (Wildman–Crippen MR) is 80.6 cm³/mol. The monoisotopic (exact) mass is 276 g/mol. The van der Waals surface area contributed by atoms with Gasteiger partial charge in [0.05, 0.1) is 16.8 Å². The van der Waals surface area contributed by atoms with E-state index in [1.807, 2.05) is 37.3 Å². The number of hydrogen-bond acceptors (Lipinski definition) is 2. The summed E-state index contributed by atoms with van der Waals surface area (Å²) < 4.78 is 0. The van der Waals surface area contributed by atoms with Crippen molar-refractivity contribution in [3.05, 3.63) is 65.4 Å². The topological polar surface area (TPSA) is 53.2 Å². The van der Waals surface area contributed by atoms with Crippen molar-refractivity contribution in [2.24, 2.45) is 0 Å². The quantitative estimate of drug-likeness (QED) is 0.693. The van der Waals surface area contributed by atoms with Crippen molar-refractivity contribution in [2.75, 3.05) is 4.90 Å². The SMILES string of the molecule is Cc1cc2[nH]ccc2c2c1C(=O)N(c1ccccc1)C2=O. The molecule has 102 valence electrons. The molecule has 1 N–H and O–H groups in total. The van der Waals surface area contributed by atoms with Gasteiger partial charge in [-0.3, -0.25) is 9.59 Å². The molecule has 0 bridgehead atoms. The van der Waals surface area contributed by atoms with Crippen LogP contribution < -0.4 is 4.90 Å². The van der Waals surface area contributed by atoms with Crippen LogP contribution in [0, 0.1) is 6.92 Å². The van der Waals surface area contributed by atoms with Gasteiger partial charge in [0.15, 0.2) is 0 Å². The smallest absolute Gasteiger partial charge is 0.266 e. The first kappa shape index (κ1) is 11.9. The van der Waals surface area contributed by atoms with Gasteiger partial charge < -0.3 is 4.98 Å². The zero-order chi connectivity index (χ0) is 14.6. The average molecular weight is 276 g/mol. The minimum absolute atomic E-state index is 0.248. The molecule has 1 aromatic heterocycles. The first-order chi connectivity index (χ1) is 10.2. The first-order valence-electron chi connectivity index (χ1n) is 6.73. The normalized spacial score (nSPS) is 14.0. The summed E-state index contributed by atoms with van der Waals surface area (Å²) in [6, 6.07) is 12.8. The maximum atomic E-state index is 12.8. The predicted octanol–water partition coefficient (Wildman–Crippen LogP) is 3.28. The van der Waals surface area contributed by atoms with Gasteiger partial charge in [-0.05, 0) is 36.8 Å². The van der Waals surface area contributed by atoms with Gasteiger partial charge in [0.1, 0.15) is 0 Å². The number of fused-ring (bicyclic) bond motifs is 3. The van der Waals surface area contributed by atoms with Gasteiger partial charge in [-0.2, -0.15) is 0 Å². The van der Waals surface area contributed by atoms with Crippen LogP contribution in [-0.2, 0) is 0 Å². The van der Waals surface area contributed by atoms with Crippen molar-refractivity contribution in [3.63, 3.8) is 0 Å². The minimum Gasteiger partial charge on any atom is -0.361 e. The second-order valence-corrected chi connectivity index (χ2v) is 5.16. The van der Waals surface area contributed by atoms with Gasteiger partial charge in [0.2, 0.25) is 0 Å². The first-order valence-corrected chi connectivity index (χ1v) is 6.73. The van der Waals surface area contributed by atoms with Crippen LogP contribution in [0.15, 0.2) is 48.7 Å². The minimum atomic E-state index is -0.255. The van der Waals surface area contributed by atoms with Crippen LogP contribution in [0.5, 0.6) is 0 Å². The summed E-state index contributed by atoms with van der Waals surface area (Å²) in [5.74, 6) is -0.503. The van der Waals surface area contributed by atoms with Gasteiger partial charge >= 0.3 is 0 Å². The van der Waals surface area contributed by atoms with Gasteiger partial charge in [0, 0.05) is 17.1 Å². The fourth-order valence-electron chi connectivity index (χ4n) is 2.97. The van der Waals surface area contributed by atoms with E-state index >= 15 is 0 Å². The van der Waals surface area contributed by atoms with Gasteiger partial charge in [-0.15, -0.1) is 0 Å². The molecular formula is C17H12N2O2. The second kappa shape index (κ2) is 4.06. The van der Waals surface area contributed by atoms with Gasteiger partial charge in [0.25, 0.3) is 11.8 Å². The molecule has 0 spiro atoms. The lowest BCUT2D eigenvalue weighted by Crippen LogP contribution is -2.29. The lowest BCUT2D eigenvalue weighted by atomic mass is 10.00. The molecule has 0 aliphatic carbocycles. The van der Waals surface area contributed by atoms with Crippen LogP contribution in [0.4, 0.5) is 5.69 Å². The number of aromatic nitrogens is 1. The number of imide groups is 1.